The van der Waals surface area contributed by atoms with Gasteiger partial charge >= 0.3 is 0 Å². The standard InChI is InChI=1S/C15H26O2/c1-13(2,3)11-4-6-15(7-5-11)14(10-16)8-12(14)9-17-15/h11-12,16H,4-10H2,1-3H3. The van der Waals surface area contributed by atoms with E-state index in [9.17, 15) is 5.11 Å². The normalized spacial score (nSPS) is 49.4. The lowest BCUT2D eigenvalue weighted by molar-refractivity contribution is -0.106. The monoisotopic (exact) mass is 238 g/mol. The van der Waals surface area contributed by atoms with Crippen LogP contribution in [0.3, 0.4) is 0 Å². The van der Waals surface area contributed by atoms with Crippen LogP contribution in [0.15, 0.2) is 0 Å². The van der Waals surface area contributed by atoms with Gasteiger partial charge in [-0.3, -0.25) is 0 Å². The number of ether oxygens (including phenoxy) is 1. The lowest BCUT2D eigenvalue weighted by Gasteiger charge is -2.45. The molecule has 3 fully saturated rings. The molecule has 0 amide bonds. The molecule has 1 spiro atoms. The minimum absolute atomic E-state index is 0.0498. The van der Waals surface area contributed by atoms with Crippen molar-refractivity contribution in [1.29, 1.82) is 0 Å². The van der Waals surface area contributed by atoms with Crippen molar-refractivity contribution >= 4 is 0 Å². The second-order valence-electron chi connectivity index (χ2n) is 7.66. The van der Waals surface area contributed by atoms with E-state index in [2.05, 4.69) is 20.8 Å². The lowest BCUT2D eigenvalue weighted by atomic mass is 9.64. The van der Waals surface area contributed by atoms with Crippen LogP contribution in [0.25, 0.3) is 0 Å². The molecule has 0 radical (unpaired) electrons. The summed E-state index contributed by atoms with van der Waals surface area (Å²) in [6.45, 7) is 8.31. The van der Waals surface area contributed by atoms with Crippen LogP contribution in [0.2, 0.25) is 0 Å². The molecule has 1 heterocycles. The molecule has 2 saturated carbocycles. The predicted molar refractivity (Wildman–Crippen MR) is 67.7 cm³/mol. The van der Waals surface area contributed by atoms with Crippen LogP contribution in [0.5, 0.6) is 0 Å². The lowest BCUT2D eigenvalue weighted by Crippen LogP contribution is -2.46. The third-order valence-electron chi connectivity index (χ3n) is 6.00. The fourth-order valence-corrected chi connectivity index (χ4v) is 4.49. The molecule has 3 rings (SSSR count). The second-order valence-corrected chi connectivity index (χ2v) is 7.66. The number of rotatable bonds is 1. The minimum Gasteiger partial charge on any atom is -0.396 e. The van der Waals surface area contributed by atoms with Gasteiger partial charge in [0.15, 0.2) is 0 Å². The van der Waals surface area contributed by atoms with E-state index in [1.165, 1.54) is 32.1 Å². The highest BCUT2D eigenvalue weighted by Crippen LogP contribution is 2.69. The Morgan fingerprint density at radius 2 is 1.88 bits per heavy atom. The van der Waals surface area contributed by atoms with Gasteiger partial charge in [0, 0.05) is 5.41 Å². The van der Waals surface area contributed by atoms with Gasteiger partial charge < -0.3 is 9.84 Å². The summed E-state index contributed by atoms with van der Waals surface area (Å²) in [5, 5.41) is 9.73. The van der Waals surface area contributed by atoms with E-state index < -0.39 is 0 Å². The SMILES string of the molecule is CC(C)(C)C1CCC2(CC1)OCC1CC12CO. The molecular weight excluding hydrogens is 212 g/mol. The van der Waals surface area contributed by atoms with Gasteiger partial charge in [-0.1, -0.05) is 20.8 Å². The Morgan fingerprint density at radius 3 is 2.35 bits per heavy atom. The zero-order valence-corrected chi connectivity index (χ0v) is 11.5. The van der Waals surface area contributed by atoms with Crippen molar-refractivity contribution in [2.75, 3.05) is 13.2 Å². The summed E-state index contributed by atoms with van der Waals surface area (Å²) in [6, 6.07) is 0. The van der Waals surface area contributed by atoms with E-state index in [4.69, 9.17) is 4.74 Å². The highest BCUT2D eigenvalue weighted by atomic mass is 16.5. The molecule has 2 atom stereocenters. The first-order chi connectivity index (χ1) is 7.94. The van der Waals surface area contributed by atoms with Crippen LogP contribution in [0.4, 0.5) is 0 Å². The molecule has 2 aliphatic carbocycles. The number of fused-ring (bicyclic) bond motifs is 2. The van der Waals surface area contributed by atoms with Crippen molar-refractivity contribution < 1.29 is 9.84 Å². The summed E-state index contributed by atoms with van der Waals surface area (Å²) in [5.41, 5.74) is 0.638. The van der Waals surface area contributed by atoms with Crippen LogP contribution in [-0.2, 0) is 4.74 Å². The van der Waals surface area contributed by atoms with Crippen LogP contribution in [0.1, 0.15) is 52.9 Å². The average Bonchev–Trinajstić information content (AvgIpc) is 2.95. The highest BCUT2D eigenvalue weighted by Gasteiger charge is 2.71. The second kappa shape index (κ2) is 3.48. The molecule has 0 bridgehead atoms. The summed E-state index contributed by atoms with van der Waals surface area (Å²) in [7, 11) is 0. The summed E-state index contributed by atoms with van der Waals surface area (Å²) in [6.07, 6.45) is 6.11. The first-order valence-electron chi connectivity index (χ1n) is 7.18. The average molecular weight is 238 g/mol. The maximum absolute atomic E-state index is 9.73. The van der Waals surface area contributed by atoms with E-state index >= 15 is 0 Å². The quantitative estimate of drug-likeness (QED) is 0.761. The molecule has 2 nitrogen and oxygen atoms in total. The van der Waals surface area contributed by atoms with Gasteiger partial charge in [-0.2, -0.15) is 0 Å². The maximum atomic E-state index is 9.73. The summed E-state index contributed by atoms with van der Waals surface area (Å²) < 4.78 is 6.14. The van der Waals surface area contributed by atoms with Crippen molar-refractivity contribution in [2.45, 2.75) is 58.5 Å². The summed E-state index contributed by atoms with van der Waals surface area (Å²) in [4.78, 5) is 0. The Kier molecular flexibility index (Phi) is 2.45. The fraction of sp³-hybridized carbons (Fsp3) is 1.00. The smallest absolute Gasteiger partial charge is 0.0764 e. The van der Waals surface area contributed by atoms with Gasteiger partial charge in [-0.25, -0.2) is 0 Å². The number of hydrogen-bond donors (Lipinski definition) is 1. The Bertz CT molecular complexity index is 305. The van der Waals surface area contributed by atoms with Gasteiger partial charge in [0.2, 0.25) is 0 Å². The number of aliphatic hydroxyl groups excluding tert-OH is 1. The molecule has 1 aliphatic heterocycles. The molecule has 0 aromatic heterocycles. The Morgan fingerprint density at radius 1 is 1.24 bits per heavy atom. The molecule has 0 aromatic carbocycles. The van der Waals surface area contributed by atoms with Crippen LogP contribution >= 0.6 is 0 Å². The van der Waals surface area contributed by atoms with E-state index in [0.717, 1.165) is 12.5 Å². The van der Waals surface area contributed by atoms with Crippen molar-refractivity contribution in [3.8, 4) is 0 Å². The fourth-order valence-electron chi connectivity index (χ4n) is 4.49. The first kappa shape index (κ1) is 12.0. The van der Waals surface area contributed by atoms with Crippen LogP contribution in [0, 0.1) is 22.7 Å². The topological polar surface area (TPSA) is 29.5 Å². The van der Waals surface area contributed by atoms with Gasteiger partial charge in [0.1, 0.15) is 0 Å². The highest BCUT2D eigenvalue weighted by molar-refractivity contribution is 5.19. The van der Waals surface area contributed by atoms with E-state index in [1.54, 1.807) is 0 Å². The van der Waals surface area contributed by atoms with Crippen LogP contribution in [-0.4, -0.2) is 23.9 Å². The third-order valence-corrected chi connectivity index (χ3v) is 6.00. The molecule has 2 heteroatoms. The molecule has 98 valence electrons. The van der Waals surface area contributed by atoms with Gasteiger partial charge in [-0.05, 0) is 49.4 Å². The molecule has 1 saturated heterocycles. The number of hydrogen-bond acceptors (Lipinski definition) is 2. The van der Waals surface area contributed by atoms with E-state index in [0.29, 0.717) is 17.9 Å². The zero-order valence-electron chi connectivity index (χ0n) is 11.5. The summed E-state index contributed by atoms with van der Waals surface area (Å²) in [5.74, 6) is 1.49. The largest absolute Gasteiger partial charge is 0.396 e. The van der Waals surface area contributed by atoms with Crippen molar-refractivity contribution in [3.63, 3.8) is 0 Å². The van der Waals surface area contributed by atoms with Crippen LogP contribution < -0.4 is 0 Å². The molecule has 2 unspecified atom stereocenters. The molecule has 1 N–H and O–H groups in total. The first-order valence-corrected chi connectivity index (χ1v) is 7.18. The van der Waals surface area contributed by atoms with Crippen molar-refractivity contribution in [3.05, 3.63) is 0 Å². The van der Waals surface area contributed by atoms with E-state index in [-0.39, 0.29) is 11.0 Å². The maximum Gasteiger partial charge on any atom is 0.0764 e. The number of aliphatic hydroxyl groups is 1. The molecule has 0 aromatic rings. The van der Waals surface area contributed by atoms with Gasteiger partial charge in [-0.15, -0.1) is 0 Å². The minimum atomic E-state index is 0.0498. The Hall–Kier alpha value is -0.0800. The van der Waals surface area contributed by atoms with Gasteiger partial charge in [0.25, 0.3) is 0 Å². The zero-order chi connectivity index (χ0) is 12.3. The third kappa shape index (κ3) is 1.53. The van der Waals surface area contributed by atoms with Crippen molar-refractivity contribution in [2.24, 2.45) is 22.7 Å². The van der Waals surface area contributed by atoms with Gasteiger partial charge in [0.05, 0.1) is 18.8 Å². The predicted octanol–water partition coefficient (Wildman–Crippen LogP) is 2.99. The molecule has 17 heavy (non-hydrogen) atoms. The van der Waals surface area contributed by atoms with Crippen molar-refractivity contribution in [1.82, 2.24) is 0 Å². The Balaban J connectivity index is 1.73. The van der Waals surface area contributed by atoms with E-state index in [1.807, 2.05) is 0 Å². The Labute approximate surface area is 105 Å². The molecular formula is C15H26O2. The molecule has 3 aliphatic rings. The summed E-state index contributed by atoms with van der Waals surface area (Å²) >= 11 is 0.